The molecule has 0 spiro atoms. The number of hydrogen-bond donors (Lipinski definition) is 1. The number of nitrogens with one attached hydrogen (secondary N) is 1. The van der Waals surface area contributed by atoms with Crippen molar-refractivity contribution >= 4 is 5.91 Å². The molecule has 4 rings (SSSR count). The SMILES string of the molecule is COc1cccc(-c2cc(C(=O)N3CC(c4nc(C)no4)C3)[nH]n2)c1. The van der Waals surface area contributed by atoms with E-state index in [2.05, 4.69) is 20.3 Å². The van der Waals surface area contributed by atoms with Gasteiger partial charge in [0.2, 0.25) is 5.89 Å². The number of carbonyl (C=O) groups is 1. The Hall–Kier alpha value is -3.16. The first-order chi connectivity index (χ1) is 12.1. The van der Waals surface area contributed by atoms with E-state index >= 15 is 0 Å². The van der Waals surface area contributed by atoms with Crippen LogP contribution in [-0.4, -0.2) is 51.3 Å². The molecule has 128 valence electrons. The molecule has 0 bridgehead atoms. The maximum atomic E-state index is 12.5. The van der Waals surface area contributed by atoms with E-state index in [0.29, 0.717) is 36.2 Å². The number of H-pyrrole nitrogens is 1. The lowest BCUT2D eigenvalue weighted by Crippen LogP contribution is -2.48. The summed E-state index contributed by atoms with van der Waals surface area (Å²) < 4.78 is 10.4. The van der Waals surface area contributed by atoms with Gasteiger partial charge in [-0.25, -0.2) is 0 Å². The lowest BCUT2D eigenvalue weighted by Gasteiger charge is -2.36. The number of amides is 1. The first-order valence-corrected chi connectivity index (χ1v) is 7.93. The molecule has 1 aliphatic heterocycles. The van der Waals surface area contributed by atoms with E-state index in [0.717, 1.165) is 11.3 Å². The number of aromatic nitrogens is 4. The van der Waals surface area contributed by atoms with Gasteiger partial charge in [-0.15, -0.1) is 0 Å². The number of benzene rings is 1. The Morgan fingerprint density at radius 3 is 2.92 bits per heavy atom. The van der Waals surface area contributed by atoms with Gasteiger partial charge in [-0.1, -0.05) is 17.3 Å². The first kappa shape index (κ1) is 15.4. The summed E-state index contributed by atoms with van der Waals surface area (Å²) in [6.07, 6.45) is 0. The van der Waals surface area contributed by atoms with Gasteiger partial charge in [0.15, 0.2) is 5.82 Å². The van der Waals surface area contributed by atoms with E-state index in [1.54, 1.807) is 25.0 Å². The van der Waals surface area contributed by atoms with Gasteiger partial charge in [0.1, 0.15) is 11.4 Å². The average molecular weight is 339 g/mol. The van der Waals surface area contributed by atoms with Gasteiger partial charge >= 0.3 is 0 Å². The number of likely N-dealkylation sites (tertiary alicyclic amines) is 1. The normalized spacial score (nSPS) is 14.4. The van der Waals surface area contributed by atoms with E-state index in [1.807, 2.05) is 24.3 Å². The van der Waals surface area contributed by atoms with Crippen LogP contribution in [0.15, 0.2) is 34.9 Å². The zero-order chi connectivity index (χ0) is 17.4. The molecule has 0 aliphatic carbocycles. The van der Waals surface area contributed by atoms with Crippen molar-refractivity contribution in [3.8, 4) is 17.0 Å². The predicted molar refractivity (Wildman–Crippen MR) is 88.3 cm³/mol. The largest absolute Gasteiger partial charge is 0.497 e. The highest BCUT2D eigenvalue weighted by molar-refractivity contribution is 5.94. The van der Waals surface area contributed by atoms with E-state index in [1.165, 1.54) is 0 Å². The number of rotatable bonds is 4. The molecular formula is C17H17N5O3. The molecule has 1 amide bonds. The molecule has 8 nitrogen and oxygen atoms in total. The van der Waals surface area contributed by atoms with Crippen LogP contribution < -0.4 is 4.74 Å². The predicted octanol–water partition coefficient (Wildman–Crippen LogP) is 2.02. The molecule has 0 atom stereocenters. The fourth-order valence-corrected chi connectivity index (χ4v) is 2.81. The summed E-state index contributed by atoms with van der Waals surface area (Å²) in [4.78, 5) is 18.5. The van der Waals surface area contributed by atoms with Crippen LogP contribution in [0.1, 0.15) is 28.1 Å². The molecule has 3 heterocycles. The number of aryl methyl sites for hydroxylation is 1. The van der Waals surface area contributed by atoms with Crippen LogP contribution >= 0.6 is 0 Å². The minimum atomic E-state index is -0.0888. The van der Waals surface area contributed by atoms with Crippen LogP contribution in [0.4, 0.5) is 0 Å². The Morgan fingerprint density at radius 2 is 2.20 bits per heavy atom. The zero-order valence-corrected chi connectivity index (χ0v) is 13.9. The first-order valence-electron chi connectivity index (χ1n) is 7.93. The summed E-state index contributed by atoms with van der Waals surface area (Å²) in [7, 11) is 1.61. The molecule has 0 unspecified atom stereocenters. The molecule has 8 heteroatoms. The van der Waals surface area contributed by atoms with E-state index in [9.17, 15) is 4.79 Å². The number of aromatic amines is 1. The number of ether oxygens (including phenoxy) is 1. The fraction of sp³-hybridized carbons (Fsp3) is 0.294. The van der Waals surface area contributed by atoms with Crippen LogP contribution in [-0.2, 0) is 0 Å². The molecule has 3 aromatic rings. The molecule has 25 heavy (non-hydrogen) atoms. The lowest BCUT2D eigenvalue weighted by atomic mass is 9.99. The maximum Gasteiger partial charge on any atom is 0.271 e. The van der Waals surface area contributed by atoms with Crippen LogP contribution in [0.25, 0.3) is 11.3 Å². The van der Waals surface area contributed by atoms with Crippen molar-refractivity contribution in [1.29, 1.82) is 0 Å². The topological polar surface area (TPSA) is 97.1 Å². The highest BCUT2D eigenvalue weighted by Gasteiger charge is 2.36. The van der Waals surface area contributed by atoms with Crippen LogP contribution in [0, 0.1) is 6.92 Å². The Kier molecular flexibility index (Phi) is 3.72. The van der Waals surface area contributed by atoms with E-state index < -0.39 is 0 Å². The second-order valence-electron chi connectivity index (χ2n) is 5.99. The second kappa shape index (κ2) is 6.04. The van der Waals surface area contributed by atoms with Crippen LogP contribution in [0.3, 0.4) is 0 Å². The van der Waals surface area contributed by atoms with E-state index in [4.69, 9.17) is 9.26 Å². The third-order valence-electron chi connectivity index (χ3n) is 4.24. The summed E-state index contributed by atoms with van der Waals surface area (Å²) in [5.41, 5.74) is 2.04. The monoisotopic (exact) mass is 339 g/mol. The number of hydrogen-bond acceptors (Lipinski definition) is 6. The average Bonchev–Trinajstić information content (AvgIpc) is 3.23. The van der Waals surface area contributed by atoms with Gasteiger partial charge in [-0.05, 0) is 25.1 Å². The quantitative estimate of drug-likeness (QED) is 0.781. The minimum Gasteiger partial charge on any atom is -0.497 e. The number of carbonyl (C=O) groups excluding carboxylic acids is 1. The molecule has 1 N–H and O–H groups in total. The van der Waals surface area contributed by atoms with Gasteiger partial charge in [0.25, 0.3) is 5.91 Å². The van der Waals surface area contributed by atoms with Crippen molar-refractivity contribution in [1.82, 2.24) is 25.2 Å². The van der Waals surface area contributed by atoms with Crippen LogP contribution in [0.5, 0.6) is 5.75 Å². The smallest absolute Gasteiger partial charge is 0.271 e. The Balaban J connectivity index is 1.44. The van der Waals surface area contributed by atoms with Crippen molar-refractivity contribution in [3.05, 3.63) is 47.7 Å². The maximum absolute atomic E-state index is 12.5. The molecular weight excluding hydrogens is 322 g/mol. The number of methoxy groups -OCH3 is 1. The fourth-order valence-electron chi connectivity index (χ4n) is 2.81. The number of nitrogens with zero attached hydrogens (tertiary/aromatic N) is 4. The summed E-state index contributed by atoms with van der Waals surface area (Å²) in [5.74, 6) is 1.95. The minimum absolute atomic E-state index is 0.0888. The standard InChI is InChI=1S/C17H17N5O3/c1-10-18-16(25-21-10)12-8-22(9-12)17(23)15-7-14(19-20-15)11-4-3-5-13(6-11)24-2/h3-7,12H,8-9H2,1-2H3,(H,19,20). The van der Waals surface area contributed by atoms with Crippen molar-refractivity contribution in [2.45, 2.75) is 12.8 Å². The van der Waals surface area contributed by atoms with E-state index in [-0.39, 0.29) is 11.8 Å². The van der Waals surface area contributed by atoms with Crippen molar-refractivity contribution in [2.24, 2.45) is 0 Å². The zero-order valence-electron chi connectivity index (χ0n) is 13.9. The van der Waals surface area contributed by atoms with Gasteiger partial charge in [-0.3, -0.25) is 9.89 Å². The summed E-state index contributed by atoms with van der Waals surface area (Å²) in [6.45, 7) is 2.90. The Morgan fingerprint density at radius 1 is 1.36 bits per heavy atom. The third-order valence-corrected chi connectivity index (χ3v) is 4.24. The van der Waals surface area contributed by atoms with Crippen molar-refractivity contribution in [2.75, 3.05) is 20.2 Å². The molecule has 1 saturated heterocycles. The van der Waals surface area contributed by atoms with Crippen molar-refractivity contribution in [3.63, 3.8) is 0 Å². The summed E-state index contributed by atoms with van der Waals surface area (Å²) >= 11 is 0. The highest BCUT2D eigenvalue weighted by Crippen LogP contribution is 2.28. The lowest BCUT2D eigenvalue weighted by molar-refractivity contribution is 0.0563. The molecule has 1 fully saturated rings. The molecule has 0 saturated carbocycles. The summed E-state index contributed by atoms with van der Waals surface area (Å²) in [6, 6.07) is 9.30. The molecule has 0 radical (unpaired) electrons. The van der Waals surface area contributed by atoms with Gasteiger partial charge in [0, 0.05) is 18.7 Å². The third kappa shape index (κ3) is 2.86. The van der Waals surface area contributed by atoms with Gasteiger partial charge in [0.05, 0.1) is 18.7 Å². The van der Waals surface area contributed by atoms with Crippen molar-refractivity contribution < 1.29 is 14.1 Å². The second-order valence-corrected chi connectivity index (χ2v) is 5.99. The van der Waals surface area contributed by atoms with Crippen LogP contribution in [0.2, 0.25) is 0 Å². The summed E-state index contributed by atoms with van der Waals surface area (Å²) in [5, 5.41) is 10.8. The molecule has 1 aromatic carbocycles. The van der Waals surface area contributed by atoms with Gasteiger partial charge in [-0.2, -0.15) is 10.1 Å². The molecule has 1 aliphatic rings. The van der Waals surface area contributed by atoms with Gasteiger partial charge < -0.3 is 14.2 Å². The Labute approximate surface area is 143 Å². The molecule has 2 aromatic heterocycles. The Bertz CT molecular complexity index is 910. The highest BCUT2D eigenvalue weighted by atomic mass is 16.5.